The smallest absolute Gasteiger partial charge is 0.151 e. The van der Waals surface area contributed by atoms with E-state index < -0.39 is 15.9 Å². The predicted molar refractivity (Wildman–Crippen MR) is 65.1 cm³/mol. The van der Waals surface area contributed by atoms with Gasteiger partial charge >= 0.3 is 0 Å². The standard InChI is InChI=1S/C11H21NO3S/c1-3-4-5-11(13)8-12(2)10-6-7-16(14,15)9-10/h3,10-11,13H,1,4-9H2,2H3/t10-,11-/m0/s1. The maximum Gasteiger partial charge on any atom is 0.151 e. The molecule has 0 radical (unpaired) electrons. The van der Waals surface area contributed by atoms with E-state index in [0.717, 1.165) is 6.42 Å². The van der Waals surface area contributed by atoms with Crippen LogP contribution in [0.3, 0.4) is 0 Å². The van der Waals surface area contributed by atoms with Crippen LogP contribution in [0.25, 0.3) is 0 Å². The Hall–Kier alpha value is -0.390. The lowest BCUT2D eigenvalue weighted by molar-refractivity contribution is 0.103. The molecule has 0 aromatic rings. The Morgan fingerprint density at radius 3 is 2.81 bits per heavy atom. The largest absolute Gasteiger partial charge is 0.392 e. The van der Waals surface area contributed by atoms with Crippen LogP contribution >= 0.6 is 0 Å². The van der Waals surface area contributed by atoms with Crippen molar-refractivity contribution in [2.75, 3.05) is 25.1 Å². The van der Waals surface area contributed by atoms with E-state index in [2.05, 4.69) is 6.58 Å². The lowest BCUT2D eigenvalue weighted by atomic mass is 10.1. The minimum Gasteiger partial charge on any atom is -0.392 e. The number of allylic oxidation sites excluding steroid dienone is 1. The number of rotatable bonds is 6. The molecule has 0 aromatic carbocycles. The Kier molecular flexibility index (Phi) is 4.95. The van der Waals surface area contributed by atoms with E-state index in [1.807, 2.05) is 11.9 Å². The number of aliphatic hydroxyl groups excluding tert-OH is 1. The molecule has 2 atom stereocenters. The topological polar surface area (TPSA) is 57.6 Å². The molecule has 0 aromatic heterocycles. The lowest BCUT2D eigenvalue weighted by Gasteiger charge is -2.25. The molecule has 1 rings (SSSR count). The van der Waals surface area contributed by atoms with Gasteiger partial charge in [0.05, 0.1) is 17.6 Å². The highest BCUT2D eigenvalue weighted by molar-refractivity contribution is 7.91. The third-order valence-corrected chi connectivity index (χ3v) is 4.78. The summed E-state index contributed by atoms with van der Waals surface area (Å²) < 4.78 is 22.6. The van der Waals surface area contributed by atoms with Crippen LogP contribution in [0.1, 0.15) is 19.3 Å². The first-order valence-corrected chi connectivity index (χ1v) is 7.46. The SMILES string of the molecule is C=CCC[C@H](O)CN(C)[C@H]1CCS(=O)(=O)C1. The molecule has 0 unspecified atom stereocenters. The summed E-state index contributed by atoms with van der Waals surface area (Å²) in [6, 6.07) is 0.0726. The average Bonchev–Trinajstić information content (AvgIpc) is 2.56. The fourth-order valence-corrected chi connectivity index (χ4v) is 3.81. The molecule has 0 spiro atoms. The molecule has 0 saturated carbocycles. The van der Waals surface area contributed by atoms with Crippen LogP contribution in [0.5, 0.6) is 0 Å². The minimum atomic E-state index is -2.83. The van der Waals surface area contributed by atoms with Gasteiger partial charge in [0.2, 0.25) is 0 Å². The summed E-state index contributed by atoms with van der Waals surface area (Å²) >= 11 is 0. The summed E-state index contributed by atoms with van der Waals surface area (Å²) in [5, 5.41) is 9.70. The fourth-order valence-electron chi connectivity index (χ4n) is 2.01. The molecule has 1 fully saturated rings. The molecular formula is C11H21NO3S. The van der Waals surface area contributed by atoms with Gasteiger partial charge in [-0.25, -0.2) is 8.42 Å². The van der Waals surface area contributed by atoms with Crippen LogP contribution in [0.4, 0.5) is 0 Å². The molecule has 1 heterocycles. The van der Waals surface area contributed by atoms with Crippen LogP contribution in [0, 0.1) is 0 Å². The molecule has 0 bridgehead atoms. The van der Waals surface area contributed by atoms with Crippen LogP contribution in [-0.2, 0) is 9.84 Å². The first-order valence-electron chi connectivity index (χ1n) is 5.64. The van der Waals surface area contributed by atoms with Gasteiger partial charge in [-0.3, -0.25) is 4.90 Å². The predicted octanol–water partition coefficient (Wildman–Crippen LogP) is 0.432. The van der Waals surface area contributed by atoms with Crippen molar-refractivity contribution < 1.29 is 13.5 Å². The van der Waals surface area contributed by atoms with E-state index in [-0.39, 0.29) is 17.5 Å². The molecule has 0 aliphatic carbocycles. The molecule has 0 amide bonds. The number of hydrogen-bond acceptors (Lipinski definition) is 4. The molecule has 1 N–H and O–H groups in total. The summed E-state index contributed by atoms with van der Waals surface area (Å²) in [7, 11) is -0.955. The molecule has 94 valence electrons. The van der Waals surface area contributed by atoms with Crippen molar-refractivity contribution in [3.63, 3.8) is 0 Å². The van der Waals surface area contributed by atoms with Gasteiger partial charge in [-0.15, -0.1) is 6.58 Å². The van der Waals surface area contributed by atoms with Crippen LogP contribution in [0.15, 0.2) is 12.7 Å². The summed E-state index contributed by atoms with van der Waals surface area (Å²) in [4.78, 5) is 1.96. The Bertz CT molecular complexity index is 326. The third-order valence-electron chi connectivity index (χ3n) is 3.03. The van der Waals surface area contributed by atoms with Crippen molar-refractivity contribution in [1.82, 2.24) is 4.90 Å². The van der Waals surface area contributed by atoms with Crippen LogP contribution in [0.2, 0.25) is 0 Å². The van der Waals surface area contributed by atoms with Crippen LogP contribution < -0.4 is 0 Å². The maximum absolute atomic E-state index is 11.3. The molecule has 4 nitrogen and oxygen atoms in total. The Labute approximate surface area is 97.9 Å². The fraction of sp³-hybridized carbons (Fsp3) is 0.818. The highest BCUT2D eigenvalue weighted by Crippen LogP contribution is 2.17. The second kappa shape index (κ2) is 5.80. The molecular weight excluding hydrogens is 226 g/mol. The van der Waals surface area contributed by atoms with Gasteiger partial charge in [-0.05, 0) is 26.3 Å². The number of aliphatic hydroxyl groups is 1. The van der Waals surface area contributed by atoms with Crippen molar-refractivity contribution in [3.05, 3.63) is 12.7 Å². The van der Waals surface area contributed by atoms with Crippen molar-refractivity contribution in [3.8, 4) is 0 Å². The van der Waals surface area contributed by atoms with Crippen molar-refractivity contribution in [2.24, 2.45) is 0 Å². The van der Waals surface area contributed by atoms with Gasteiger partial charge in [0.25, 0.3) is 0 Å². The quantitative estimate of drug-likeness (QED) is 0.692. The summed E-state index contributed by atoms with van der Waals surface area (Å²) in [5.41, 5.74) is 0. The van der Waals surface area contributed by atoms with Gasteiger partial charge in [-0.1, -0.05) is 6.08 Å². The van der Waals surface area contributed by atoms with E-state index in [4.69, 9.17) is 0 Å². The van der Waals surface area contributed by atoms with Crippen molar-refractivity contribution >= 4 is 9.84 Å². The van der Waals surface area contributed by atoms with Gasteiger partial charge in [0.1, 0.15) is 0 Å². The number of nitrogens with zero attached hydrogens (tertiary/aromatic N) is 1. The average molecular weight is 247 g/mol. The first-order chi connectivity index (χ1) is 7.44. The highest BCUT2D eigenvalue weighted by atomic mass is 32.2. The van der Waals surface area contributed by atoms with E-state index in [1.54, 1.807) is 6.08 Å². The monoisotopic (exact) mass is 247 g/mol. The molecule has 1 saturated heterocycles. The molecule has 1 aliphatic rings. The normalized spacial score (nSPS) is 25.8. The maximum atomic E-state index is 11.3. The summed E-state index contributed by atoms with van der Waals surface area (Å²) in [5.74, 6) is 0.516. The molecule has 1 aliphatic heterocycles. The third kappa shape index (κ3) is 4.23. The van der Waals surface area contributed by atoms with Gasteiger partial charge in [-0.2, -0.15) is 0 Å². The number of sulfone groups is 1. The molecule has 5 heteroatoms. The van der Waals surface area contributed by atoms with E-state index in [1.165, 1.54) is 0 Å². The van der Waals surface area contributed by atoms with Crippen LogP contribution in [-0.4, -0.2) is 55.7 Å². The van der Waals surface area contributed by atoms with E-state index >= 15 is 0 Å². The van der Waals surface area contributed by atoms with Gasteiger partial charge < -0.3 is 5.11 Å². The Morgan fingerprint density at radius 2 is 2.31 bits per heavy atom. The minimum absolute atomic E-state index is 0.0726. The second-order valence-electron chi connectivity index (χ2n) is 4.52. The number of likely N-dealkylation sites (N-methyl/N-ethyl adjacent to an activating group) is 1. The van der Waals surface area contributed by atoms with E-state index in [9.17, 15) is 13.5 Å². The first kappa shape index (κ1) is 13.7. The van der Waals surface area contributed by atoms with E-state index in [0.29, 0.717) is 19.4 Å². The summed E-state index contributed by atoms with van der Waals surface area (Å²) in [6.07, 6.45) is 3.55. The summed E-state index contributed by atoms with van der Waals surface area (Å²) in [6.45, 7) is 4.14. The van der Waals surface area contributed by atoms with Crippen molar-refractivity contribution in [2.45, 2.75) is 31.4 Å². The highest BCUT2D eigenvalue weighted by Gasteiger charge is 2.30. The Morgan fingerprint density at radius 1 is 1.62 bits per heavy atom. The number of hydrogen-bond donors (Lipinski definition) is 1. The van der Waals surface area contributed by atoms with Gasteiger partial charge in [0.15, 0.2) is 9.84 Å². The molecule has 16 heavy (non-hydrogen) atoms. The lowest BCUT2D eigenvalue weighted by Crippen LogP contribution is -2.38. The van der Waals surface area contributed by atoms with Crippen molar-refractivity contribution in [1.29, 1.82) is 0 Å². The zero-order valence-corrected chi connectivity index (χ0v) is 10.6. The second-order valence-corrected chi connectivity index (χ2v) is 6.75. The van der Waals surface area contributed by atoms with Gasteiger partial charge in [0, 0.05) is 12.6 Å². The Balaban J connectivity index is 2.35. The zero-order valence-electron chi connectivity index (χ0n) is 9.80. The zero-order chi connectivity index (χ0) is 12.2.